The second-order valence-corrected chi connectivity index (χ2v) is 9.22. The molecule has 2 N–H and O–H groups in total. The van der Waals surface area contributed by atoms with E-state index in [0.717, 1.165) is 5.56 Å². The molecule has 1 unspecified atom stereocenters. The molecule has 1 aliphatic rings. The standard InChI is InChI=1S/C26H25NO5S/c1-14(2)16-13-17(15(3)12-20(16)32-4)24(29)22-23(21-10-7-11-33-21)27(26(31)25(22)30)18-8-5-6-9-19(18)28/h5-14,23,28-29H,1-4H3/b24-22+. The molecule has 0 saturated carbocycles. The third-order valence-electron chi connectivity index (χ3n) is 5.85. The van der Waals surface area contributed by atoms with Crippen molar-refractivity contribution in [2.75, 3.05) is 12.0 Å². The van der Waals surface area contributed by atoms with Crippen LogP contribution in [0.5, 0.6) is 11.5 Å². The minimum absolute atomic E-state index is 0.00586. The third-order valence-corrected chi connectivity index (χ3v) is 6.78. The average Bonchev–Trinajstić information content (AvgIpc) is 3.40. The molecular formula is C26H25NO5S. The van der Waals surface area contributed by atoms with E-state index in [2.05, 4.69) is 0 Å². The number of ketones is 1. The van der Waals surface area contributed by atoms with Gasteiger partial charge in [0.15, 0.2) is 0 Å². The van der Waals surface area contributed by atoms with Crippen LogP contribution in [0.2, 0.25) is 0 Å². The van der Waals surface area contributed by atoms with Gasteiger partial charge >= 0.3 is 0 Å². The van der Waals surface area contributed by atoms with Crippen molar-refractivity contribution in [1.82, 2.24) is 0 Å². The van der Waals surface area contributed by atoms with Gasteiger partial charge in [-0.25, -0.2) is 0 Å². The van der Waals surface area contributed by atoms with Crippen LogP contribution in [0.1, 0.15) is 47.4 Å². The van der Waals surface area contributed by atoms with Crippen molar-refractivity contribution < 1.29 is 24.5 Å². The number of thiophene rings is 1. The van der Waals surface area contributed by atoms with Gasteiger partial charge in [-0.15, -0.1) is 11.3 Å². The van der Waals surface area contributed by atoms with Crippen molar-refractivity contribution in [2.45, 2.75) is 32.7 Å². The molecule has 0 aliphatic carbocycles. The maximum Gasteiger partial charge on any atom is 0.300 e. The number of para-hydroxylation sites is 2. The number of aromatic hydroxyl groups is 1. The van der Waals surface area contributed by atoms with E-state index in [1.54, 1.807) is 25.3 Å². The second-order valence-electron chi connectivity index (χ2n) is 8.24. The van der Waals surface area contributed by atoms with Crippen LogP contribution in [-0.2, 0) is 9.59 Å². The van der Waals surface area contributed by atoms with E-state index in [9.17, 15) is 19.8 Å². The lowest BCUT2D eigenvalue weighted by atomic mass is 9.92. The van der Waals surface area contributed by atoms with Crippen molar-refractivity contribution in [3.63, 3.8) is 0 Å². The minimum atomic E-state index is -0.859. The Balaban J connectivity index is 1.98. The van der Waals surface area contributed by atoms with Crippen LogP contribution < -0.4 is 9.64 Å². The number of hydrogen-bond acceptors (Lipinski definition) is 6. The van der Waals surface area contributed by atoms with E-state index in [1.165, 1.54) is 22.3 Å². The molecule has 6 nitrogen and oxygen atoms in total. The Morgan fingerprint density at radius 2 is 1.85 bits per heavy atom. The number of Topliss-reactive ketones (excluding diaryl/α,β-unsaturated/α-hetero) is 1. The number of aliphatic hydroxyl groups is 1. The summed E-state index contributed by atoms with van der Waals surface area (Å²) in [6.45, 7) is 5.85. The van der Waals surface area contributed by atoms with E-state index in [4.69, 9.17) is 4.74 Å². The summed E-state index contributed by atoms with van der Waals surface area (Å²) in [4.78, 5) is 28.4. The Bertz CT molecular complexity index is 1260. The molecule has 0 radical (unpaired) electrons. The van der Waals surface area contributed by atoms with Crippen LogP contribution in [0.3, 0.4) is 0 Å². The Kier molecular flexibility index (Phi) is 5.99. The second kappa shape index (κ2) is 8.75. The van der Waals surface area contributed by atoms with Gasteiger partial charge in [-0.1, -0.05) is 32.0 Å². The van der Waals surface area contributed by atoms with E-state index in [0.29, 0.717) is 21.8 Å². The number of benzene rings is 2. The summed E-state index contributed by atoms with van der Waals surface area (Å²) in [6, 6.07) is 12.8. The van der Waals surface area contributed by atoms with Gasteiger partial charge in [-0.2, -0.15) is 0 Å². The number of methoxy groups -OCH3 is 1. The fraction of sp³-hybridized carbons (Fsp3) is 0.231. The molecule has 1 aliphatic heterocycles. The summed E-state index contributed by atoms with van der Waals surface area (Å²) in [5.74, 6) is -1.15. The summed E-state index contributed by atoms with van der Waals surface area (Å²) in [5.41, 5.74) is 2.27. The molecule has 0 bridgehead atoms. The molecule has 7 heteroatoms. The number of phenolic OH excluding ortho intramolecular Hbond substituents is 1. The molecule has 3 aromatic rings. The topological polar surface area (TPSA) is 87.1 Å². The van der Waals surface area contributed by atoms with Crippen LogP contribution in [0, 0.1) is 6.92 Å². The van der Waals surface area contributed by atoms with Gasteiger partial charge in [-0.3, -0.25) is 14.5 Å². The normalized spacial score (nSPS) is 17.7. The molecule has 1 saturated heterocycles. The predicted octanol–water partition coefficient (Wildman–Crippen LogP) is 5.52. The first-order valence-electron chi connectivity index (χ1n) is 10.6. The molecule has 2 heterocycles. The zero-order chi connectivity index (χ0) is 23.9. The highest BCUT2D eigenvalue weighted by Crippen LogP contribution is 2.46. The zero-order valence-electron chi connectivity index (χ0n) is 18.8. The number of carbonyl (C=O) groups excluding carboxylic acids is 2. The first kappa shape index (κ1) is 22.6. The van der Waals surface area contributed by atoms with E-state index in [1.807, 2.05) is 50.4 Å². The Labute approximate surface area is 196 Å². The largest absolute Gasteiger partial charge is 0.507 e. The van der Waals surface area contributed by atoms with Crippen molar-refractivity contribution >= 4 is 34.5 Å². The number of aryl methyl sites for hydroxylation is 1. The highest BCUT2D eigenvalue weighted by molar-refractivity contribution is 7.10. The molecule has 1 fully saturated rings. The molecule has 33 heavy (non-hydrogen) atoms. The SMILES string of the molecule is COc1cc(C)c(/C(O)=C2\C(=O)C(=O)N(c3ccccc3O)C2c2cccs2)cc1C(C)C. The number of carbonyl (C=O) groups is 2. The molecule has 1 aromatic heterocycles. The summed E-state index contributed by atoms with van der Waals surface area (Å²) in [6.07, 6.45) is 0. The minimum Gasteiger partial charge on any atom is -0.507 e. The lowest BCUT2D eigenvalue weighted by molar-refractivity contribution is -0.132. The summed E-state index contributed by atoms with van der Waals surface area (Å²) in [7, 11) is 1.59. The number of rotatable bonds is 5. The molecule has 4 rings (SSSR count). The maximum atomic E-state index is 13.3. The molecule has 170 valence electrons. The van der Waals surface area contributed by atoms with Gasteiger partial charge in [0, 0.05) is 10.4 Å². The van der Waals surface area contributed by atoms with Gasteiger partial charge in [0.1, 0.15) is 23.3 Å². The van der Waals surface area contributed by atoms with Crippen molar-refractivity contribution in [2.24, 2.45) is 0 Å². The van der Waals surface area contributed by atoms with Gasteiger partial charge in [0.25, 0.3) is 11.7 Å². The van der Waals surface area contributed by atoms with Crippen molar-refractivity contribution in [1.29, 1.82) is 0 Å². The van der Waals surface area contributed by atoms with E-state index >= 15 is 0 Å². The molecule has 2 aromatic carbocycles. The molecular weight excluding hydrogens is 438 g/mol. The van der Waals surface area contributed by atoms with Crippen molar-refractivity contribution in [3.05, 3.63) is 81.1 Å². The van der Waals surface area contributed by atoms with Crippen LogP contribution in [0.15, 0.2) is 59.5 Å². The van der Waals surface area contributed by atoms with Crippen LogP contribution in [-0.4, -0.2) is 29.0 Å². The number of phenols is 1. The number of amides is 1. The average molecular weight is 464 g/mol. The van der Waals surface area contributed by atoms with Gasteiger partial charge in [0.2, 0.25) is 0 Å². The zero-order valence-corrected chi connectivity index (χ0v) is 19.6. The number of aliphatic hydroxyl groups excluding tert-OH is 1. The summed E-state index contributed by atoms with van der Waals surface area (Å²) >= 11 is 1.37. The van der Waals surface area contributed by atoms with Crippen LogP contribution in [0.4, 0.5) is 5.69 Å². The fourth-order valence-electron chi connectivity index (χ4n) is 4.19. The number of ether oxygens (including phenoxy) is 1. The smallest absolute Gasteiger partial charge is 0.300 e. The van der Waals surface area contributed by atoms with Gasteiger partial charge < -0.3 is 14.9 Å². The fourth-order valence-corrected chi connectivity index (χ4v) is 5.01. The summed E-state index contributed by atoms with van der Waals surface area (Å²) in [5, 5.41) is 23.7. The Morgan fingerprint density at radius 1 is 1.12 bits per heavy atom. The molecule has 1 atom stereocenters. The van der Waals surface area contributed by atoms with Gasteiger partial charge in [-0.05, 0) is 59.7 Å². The van der Waals surface area contributed by atoms with Crippen molar-refractivity contribution in [3.8, 4) is 11.5 Å². The highest BCUT2D eigenvalue weighted by atomic mass is 32.1. The Morgan fingerprint density at radius 3 is 2.45 bits per heavy atom. The number of hydrogen-bond donors (Lipinski definition) is 2. The van der Waals surface area contributed by atoms with Gasteiger partial charge in [0.05, 0.1) is 18.4 Å². The quantitative estimate of drug-likeness (QED) is 0.296. The first-order valence-corrected chi connectivity index (χ1v) is 11.5. The number of nitrogens with zero attached hydrogens (tertiary/aromatic N) is 1. The first-order chi connectivity index (χ1) is 15.8. The predicted molar refractivity (Wildman–Crippen MR) is 129 cm³/mol. The van der Waals surface area contributed by atoms with E-state index < -0.39 is 17.7 Å². The monoisotopic (exact) mass is 463 g/mol. The highest BCUT2D eigenvalue weighted by Gasteiger charge is 2.48. The molecule has 0 spiro atoms. The van der Waals surface area contributed by atoms with Crippen LogP contribution in [0.25, 0.3) is 5.76 Å². The molecule has 1 amide bonds. The summed E-state index contributed by atoms with van der Waals surface area (Å²) < 4.78 is 5.50. The van der Waals surface area contributed by atoms with E-state index in [-0.39, 0.29) is 28.7 Å². The lowest BCUT2D eigenvalue weighted by Gasteiger charge is -2.25. The van der Waals surface area contributed by atoms with Crippen LogP contribution >= 0.6 is 11.3 Å². The third kappa shape index (κ3) is 3.78. The lowest BCUT2D eigenvalue weighted by Crippen LogP contribution is -2.29. The Hall–Kier alpha value is -3.58. The number of anilines is 1. The maximum absolute atomic E-state index is 13.3.